The van der Waals surface area contributed by atoms with E-state index in [9.17, 15) is 4.79 Å². The van der Waals surface area contributed by atoms with Crippen LogP contribution in [0.2, 0.25) is 0 Å². The Morgan fingerprint density at radius 2 is 1.75 bits per heavy atom. The number of hydrogen-bond acceptors (Lipinski definition) is 4. The highest BCUT2D eigenvalue weighted by atomic mass is 16.5. The normalized spacial score (nSPS) is 11.9. The van der Waals surface area contributed by atoms with Crippen molar-refractivity contribution >= 4 is 11.6 Å². The van der Waals surface area contributed by atoms with Gasteiger partial charge in [-0.1, -0.05) is 51.5 Å². The third-order valence-electron chi connectivity index (χ3n) is 4.71. The summed E-state index contributed by atoms with van der Waals surface area (Å²) in [5.74, 6) is 1.49. The van der Waals surface area contributed by atoms with Crippen LogP contribution in [0, 0.1) is 5.92 Å². The van der Waals surface area contributed by atoms with Crippen molar-refractivity contribution in [3.8, 4) is 11.5 Å². The summed E-state index contributed by atoms with van der Waals surface area (Å²) in [7, 11) is 3.17. The van der Waals surface area contributed by atoms with Gasteiger partial charge in [-0.25, -0.2) is 0 Å². The number of carbonyl (C=O) groups excluding carboxylic acids is 1. The van der Waals surface area contributed by atoms with E-state index in [4.69, 9.17) is 9.47 Å². The molecule has 0 saturated heterocycles. The average molecular weight is 385 g/mol. The first kappa shape index (κ1) is 21.8. The van der Waals surface area contributed by atoms with Crippen LogP contribution >= 0.6 is 0 Å². The van der Waals surface area contributed by atoms with Crippen molar-refractivity contribution in [2.45, 2.75) is 39.7 Å². The molecule has 28 heavy (non-hydrogen) atoms. The summed E-state index contributed by atoms with van der Waals surface area (Å²) >= 11 is 0. The maximum Gasteiger partial charge on any atom is 0.238 e. The lowest BCUT2D eigenvalue weighted by Crippen LogP contribution is -2.33. The number of anilines is 1. The molecule has 0 fully saturated rings. The summed E-state index contributed by atoms with van der Waals surface area (Å²) in [5.41, 5.74) is 3.14. The third kappa shape index (κ3) is 5.99. The van der Waals surface area contributed by atoms with Crippen molar-refractivity contribution in [2.24, 2.45) is 5.92 Å². The van der Waals surface area contributed by atoms with Crippen LogP contribution in [-0.4, -0.2) is 26.7 Å². The molecule has 1 amide bonds. The van der Waals surface area contributed by atoms with Crippen LogP contribution in [0.25, 0.3) is 0 Å². The molecule has 0 aliphatic rings. The fraction of sp³-hybridized carbons (Fsp3) is 0.435. The Morgan fingerprint density at radius 3 is 2.32 bits per heavy atom. The van der Waals surface area contributed by atoms with Crippen molar-refractivity contribution in [1.29, 1.82) is 0 Å². The fourth-order valence-corrected chi connectivity index (χ4v) is 3.23. The molecule has 2 aromatic carbocycles. The van der Waals surface area contributed by atoms with Gasteiger partial charge in [-0.3, -0.25) is 4.79 Å². The minimum absolute atomic E-state index is 0.105. The molecule has 1 atom stereocenters. The zero-order valence-electron chi connectivity index (χ0n) is 17.5. The maximum atomic E-state index is 12.5. The van der Waals surface area contributed by atoms with Gasteiger partial charge < -0.3 is 20.1 Å². The topological polar surface area (TPSA) is 59.6 Å². The summed E-state index contributed by atoms with van der Waals surface area (Å²) in [6.07, 6.45) is 2.23. The van der Waals surface area contributed by atoms with E-state index in [-0.39, 0.29) is 18.5 Å². The molecule has 0 saturated carbocycles. The van der Waals surface area contributed by atoms with Gasteiger partial charge in [0.1, 0.15) is 11.5 Å². The highest BCUT2D eigenvalue weighted by Gasteiger charge is 2.17. The molecule has 2 aromatic rings. The Bertz CT molecular complexity index is 757. The minimum atomic E-state index is -0.125. The van der Waals surface area contributed by atoms with Gasteiger partial charge in [0, 0.05) is 12.1 Å². The molecule has 0 aromatic heterocycles. The lowest BCUT2D eigenvalue weighted by molar-refractivity contribution is -0.115. The number of methoxy groups -OCH3 is 2. The summed E-state index contributed by atoms with van der Waals surface area (Å²) in [6, 6.07) is 14.1. The summed E-state index contributed by atoms with van der Waals surface area (Å²) in [6.45, 7) is 6.70. The van der Waals surface area contributed by atoms with Crippen LogP contribution in [-0.2, 0) is 11.2 Å². The molecule has 0 radical (unpaired) electrons. The van der Waals surface area contributed by atoms with E-state index in [2.05, 4.69) is 55.7 Å². The molecule has 152 valence electrons. The molecule has 5 heteroatoms. The molecule has 5 nitrogen and oxygen atoms in total. The molecule has 2 N–H and O–H groups in total. The molecule has 0 bridgehead atoms. The number of carbonyl (C=O) groups is 1. The zero-order chi connectivity index (χ0) is 20.5. The van der Waals surface area contributed by atoms with Crippen molar-refractivity contribution in [2.75, 3.05) is 26.1 Å². The maximum absolute atomic E-state index is 12.5. The van der Waals surface area contributed by atoms with E-state index >= 15 is 0 Å². The van der Waals surface area contributed by atoms with Crippen molar-refractivity contribution < 1.29 is 14.3 Å². The van der Waals surface area contributed by atoms with Gasteiger partial charge in [-0.15, -0.1) is 0 Å². The van der Waals surface area contributed by atoms with Gasteiger partial charge in [-0.05, 0) is 35.6 Å². The number of amides is 1. The van der Waals surface area contributed by atoms with Crippen molar-refractivity contribution in [3.63, 3.8) is 0 Å². The third-order valence-corrected chi connectivity index (χ3v) is 4.71. The van der Waals surface area contributed by atoms with Crippen LogP contribution < -0.4 is 20.1 Å². The summed E-state index contributed by atoms with van der Waals surface area (Å²) < 4.78 is 10.5. The second kappa shape index (κ2) is 10.7. The predicted molar refractivity (Wildman–Crippen MR) is 114 cm³/mol. The molecule has 1 unspecified atom stereocenters. The second-order valence-electron chi connectivity index (χ2n) is 7.21. The first-order valence-electron chi connectivity index (χ1n) is 9.82. The van der Waals surface area contributed by atoms with Crippen LogP contribution in [0.1, 0.15) is 44.4 Å². The Morgan fingerprint density at radius 1 is 1.04 bits per heavy atom. The minimum Gasteiger partial charge on any atom is -0.497 e. The number of ether oxygens (including phenoxy) is 2. The van der Waals surface area contributed by atoms with Gasteiger partial charge in [0.15, 0.2) is 0 Å². The van der Waals surface area contributed by atoms with E-state index in [0.717, 1.165) is 12.8 Å². The highest BCUT2D eigenvalue weighted by molar-refractivity contribution is 5.94. The van der Waals surface area contributed by atoms with Gasteiger partial charge in [0.2, 0.25) is 5.91 Å². The fourth-order valence-electron chi connectivity index (χ4n) is 3.23. The van der Waals surface area contributed by atoms with E-state index in [1.165, 1.54) is 11.1 Å². The number of benzene rings is 2. The van der Waals surface area contributed by atoms with Crippen molar-refractivity contribution in [1.82, 2.24) is 5.32 Å². The number of rotatable bonds is 10. The molecular weight excluding hydrogens is 352 g/mol. The lowest BCUT2D eigenvalue weighted by Gasteiger charge is -2.23. The standard InChI is InChI=1S/C23H32N2O3/c1-6-7-17-8-10-18(11-9-17)23(16(2)3)24-15-22(26)25-20-14-19(27-4)12-13-21(20)28-5/h8-14,16,23-24H,6-7,15H2,1-5H3,(H,25,26). The van der Waals surface area contributed by atoms with E-state index in [1.54, 1.807) is 32.4 Å². The lowest BCUT2D eigenvalue weighted by atomic mass is 9.94. The Kier molecular flexibility index (Phi) is 8.33. The molecule has 0 spiro atoms. The first-order chi connectivity index (χ1) is 13.5. The monoisotopic (exact) mass is 384 g/mol. The van der Waals surface area contributed by atoms with Crippen LogP contribution in [0.15, 0.2) is 42.5 Å². The van der Waals surface area contributed by atoms with Gasteiger partial charge in [0.05, 0.1) is 26.5 Å². The Hall–Kier alpha value is -2.53. The zero-order valence-corrected chi connectivity index (χ0v) is 17.5. The SMILES string of the molecule is CCCc1ccc(C(NCC(=O)Nc2cc(OC)ccc2OC)C(C)C)cc1. The molecule has 0 aliphatic carbocycles. The number of nitrogens with one attached hydrogen (secondary N) is 2. The van der Waals surface area contributed by atoms with Crippen LogP contribution in [0.3, 0.4) is 0 Å². The molecule has 0 heterocycles. The predicted octanol–water partition coefficient (Wildman–Crippen LogP) is 4.58. The Labute approximate surface area is 168 Å². The Balaban J connectivity index is 2.02. The van der Waals surface area contributed by atoms with E-state index < -0.39 is 0 Å². The van der Waals surface area contributed by atoms with Crippen molar-refractivity contribution in [3.05, 3.63) is 53.6 Å². The largest absolute Gasteiger partial charge is 0.497 e. The van der Waals surface area contributed by atoms with Crippen LogP contribution in [0.4, 0.5) is 5.69 Å². The summed E-state index contributed by atoms with van der Waals surface area (Å²) in [5, 5.41) is 6.29. The molecule has 0 aliphatic heterocycles. The molecule has 2 rings (SSSR count). The average Bonchev–Trinajstić information content (AvgIpc) is 2.69. The molecular formula is C23H32N2O3. The first-order valence-corrected chi connectivity index (χ1v) is 9.82. The number of hydrogen-bond donors (Lipinski definition) is 2. The second-order valence-corrected chi connectivity index (χ2v) is 7.21. The van der Waals surface area contributed by atoms with Gasteiger partial charge in [-0.2, -0.15) is 0 Å². The number of aryl methyl sites for hydroxylation is 1. The van der Waals surface area contributed by atoms with E-state index in [1.807, 2.05) is 0 Å². The van der Waals surface area contributed by atoms with Gasteiger partial charge >= 0.3 is 0 Å². The van der Waals surface area contributed by atoms with Gasteiger partial charge in [0.25, 0.3) is 0 Å². The quantitative estimate of drug-likeness (QED) is 0.629. The van der Waals surface area contributed by atoms with E-state index in [0.29, 0.717) is 23.1 Å². The smallest absolute Gasteiger partial charge is 0.238 e. The summed E-state index contributed by atoms with van der Waals surface area (Å²) in [4.78, 5) is 12.5. The van der Waals surface area contributed by atoms with Crippen LogP contribution in [0.5, 0.6) is 11.5 Å². The highest BCUT2D eigenvalue weighted by Crippen LogP contribution is 2.29.